The van der Waals surface area contributed by atoms with Gasteiger partial charge in [0.2, 0.25) is 11.8 Å². The molecule has 1 rings (SSSR count). The number of hydrogen-bond acceptors (Lipinski definition) is 6. The fourth-order valence-electron chi connectivity index (χ4n) is 2.93. The minimum absolute atomic E-state index is 0.117. The van der Waals surface area contributed by atoms with E-state index in [2.05, 4.69) is 20.1 Å². The molecule has 0 unspecified atom stereocenters. The van der Waals surface area contributed by atoms with Gasteiger partial charge in [0.05, 0.1) is 6.10 Å². The zero-order valence-corrected chi connectivity index (χ0v) is 16.3. The number of aliphatic imine (C=N–C) groups is 1. The summed E-state index contributed by atoms with van der Waals surface area (Å²) in [7, 11) is 9.09. The van der Waals surface area contributed by atoms with E-state index in [1.165, 1.54) is 0 Å². The molecular formula is C17H33N5O3. The third kappa shape index (κ3) is 6.37. The summed E-state index contributed by atoms with van der Waals surface area (Å²) in [5, 5.41) is 13.3. The van der Waals surface area contributed by atoms with Crippen LogP contribution in [0, 0.1) is 5.92 Å². The molecule has 3 atom stereocenters. The summed E-state index contributed by atoms with van der Waals surface area (Å²) in [6.07, 6.45) is 0.0269. The predicted octanol–water partition coefficient (Wildman–Crippen LogP) is -0.758. The minimum Gasteiger partial charge on any atom is -0.391 e. The second-order valence-corrected chi connectivity index (χ2v) is 7.16. The second-order valence-electron chi connectivity index (χ2n) is 7.16. The monoisotopic (exact) mass is 355 g/mol. The van der Waals surface area contributed by atoms with Gasteiger partial charge in [-0.15, -0.1) is 0 Å². The Kier molecular flexibility index (Phi) is 8.47. The van der Waals surface area contributed by atoms with Crippen LogP contribution in [-0.4, -0.2) is 104 Å². The molecule has 8 nitrogen and oxygen atoms in total. The Balaban J connectivity index is 2.84. The van der Waals surface area contributed by atoms with Crippen molar-refractivity contribution in [1.29, 1.82) is 0 Å². The summed E-state index contributed by atoms with van der Waals surface area (Å²) < 4.78 is 0. The van der Waals surface area contributed by atoms with E-state index < -0.39 is 12.1 Å². The van der Waals surface area contributed by atoms with Gasteiger partial charge < -0.3 is 20.2 Å². The second kappa shape index (κ2) is 9.84. The Morgan fingerprint density at radius 3 is 2.52 bits per heavy atom. The lowest BCUT2D eigenvalue weighted by molar-refractivity contribution is -0.130. The molecule has 0 aromatic rings. The van der Waals surface area contributed by atoms with Crippen LogP contribution in [0.1, 0.15) is 19.8 Å². The average Bonchev–Trinajstić information content (AvgIpc) is 2.53. The van der Waals surface area contributed by atoms with E-state index in [-0.39, 0.29) is 17.7 Å². The summed E-state index contributed by atoms with van der Waals surface area (Å²) in [6, 6.07) is -0.643. The SMILES string of the molecule is CNC(=O)[C@H]([C@H](O)[C@H](C)CC1=NC(=O)CCN1CCN(C)C)N(C)C. The third-order valence-electron chi connectivity index (χ3n) is 4.51. The first-order chi connectivity index (χ1) is 11.7. The Hall–Kier alpha value is -1.51. The lowest BCUT2D eigenvalue weighted by atomic mass is 9.92. The van der Waals surface area contributed by atoms with Gasteiger partial charge >= 0.3 is 0 Å². The molecule has 0 aromatic heterocycles. The van der Waals surface area contributed by atoms with E-state index in [1.807, 2.05) is 21.0 Å². The van der Waals surface area contributed by atoms with Gasteiger partial charge in [-0.25, -0.2) is 4.99 Å². The van der Waals surface area contributed by atoms with Crippen molar-refractivity contribution < 1.29 is 14.7 Å². The molecule has 8 heteroatoms. The van der Waals surface area contributed by atoms with E-state index >= 15 is 0 Å². The fourth-order valence-corrected chi connectivity index (χ4v) is 2.93. The number of hydrogen-bond donors (Lipinski definition) is 2. The Bertz CT molecular complexity index is 493. The van der Waals surface area contributed by atoms with E-state index in [0.29, 0.717) is 25.2 Å². The standard InChI is InChI=1S/C17H33N5O3/c1-12(16(24)15(21(5)6)17(25)18-2)11-13-19-14(23)7-8-22(13)10-9-20(3)4/h12,15-16,24H,7-11H2,1-6H3,(H,18,25)/t12-,15+,16-/m1/s1. The summed E-state index contributed by atoms with van der Waals surface area (Å²) in [6.45, 7) is 4.19. The van der Waals surface area contributed by atoms with Gasteiger partial charge in [0, 0.05) is 39.5 Å². The number of aliphatic hydroxyl groups is 1. The molecule has 25 heavy (non-hydrogen) atoms. The third-order valence-corrected chi connectivity index (χ3v) is 4.51. The molecule has 0 fully saturated rings. The minimum atomic E-state index is -0.856. The van der Waals surface area contributed by atoms with Crippen LogP contribution in [0.5, 0.6) is 0 Å². The molecule has 0 aromatic carbocycles. The van der Waals surface area contributed by atoms with Gasteiger partial charge in [-0.2, -0.15) is 0 Å². The van der Waals surface area contributed by atoms with Crippen LogP contribution in [-0.2, 0) is 9.59 Å². The number of nitrogens with one attached hydrogen (secondary N) is 1. The average molecular weight is 355 g/mol. The highest BCUT2D eigenvalue weighted by atomic mass is 16.3. The molecule has 1 aliphatic heterocycles. The molecule has 2 N–H and O–H groups in total. The highest BCUT2D eigenvalue weighted by molar-refractivity contribution is 5.97. The molecule has 0 bridgehead atoms. The van der Waals surface area contributed by atoms with Crippen LogP contribution in [0.3, 0.4) is 0 Å². The van der Waals surface area contributed by atoms with Crippen molar-refractivity contribution in [2.45, 2.75) is 31.9 Å². The van der Waals surface area contributed by atoms with Crippen molar-refractivity contribution >= 4 is 17.6 Å². The maximum absolute atomic E-state index is 12.1. The molecule has 0 saturated heterocycles. The van der Waals surface area contributed by atoms with E-state index in [0.717, 1.165) is 13.1 Å². The normalized spacial score (nSPS) is 19.0. The number of aliphatic hydroxyl groups excluding tert-OH is 1. The van der Waals surface area contributed by atoms with Gasteiger partial charge in [-0.3, -0.25) is 14.5 Å². The zero-order chi connectivity index (χ0) is 19.1. The predicted molar refractivity (Wildman–Crippen MR) is 98.5 cm³/mol. The van der Waals surface area contributed by atoms with Gasteiger partial charge in [-0.1, -0.05) is 6.92 Å². The number of rotatable bonds is 9. The molecule has 0 radical (unpaired) electrons. The summed E-state index contributed by atoms with van der Waals surface area (Å²) in [4.78, 5) is 33.9. The maximum Gasteiger partial charge on any atom is 0.249 e. The fraction of sp³-hybridized carbons (Fsp3) is 0.824. The number of amidine groups is 1. The van der Waals surface area contributed by atoms with Gasteiger partial charge in [0.15, 0.2) is 0 Å². The Morgan fingerprint density at radius 1 is 1.36 bits per heavy atom. The number of carbonyl (C=O) groups is 2. The highest BCUT2D eigenvalue weighted by Crippen LogP contribution is 2.19. The van der Waals surface area contributed by atoms with Crippen molar-refractivity contribution in [3.8, 4) is 0 Å². The van der Waals surface area contributed by atoms with Crippen LogP contribution < -0.4 is 5.32 Å². The molecule has 0 spiro atoms. The quantitative estimate of drug-likeness (QED) is 0.565. The van der Waals surface area contributed by atoms with Crippen molar-refractivity contribution in [3.05, 3.63) is 0 Å². The lowest BCUT2D eigenvalue weighted by Gasteiger charge is -2.34. The summed E-state index contributed by atoms with van der Waals surface area (Å²) in [5.74, 6) is 0.152. The van der Waals surface area contributed by atoms with E-state index in [1.54, 1.807) is 26.0 Å². The molecule has 2 amide bonds. The van der Waals surface area contributed by atoms with Crippen molar-refractivity contribution in [2.75, 3.05) is 54.9 Å². The zero-order valence-electron chi connectivity index (χ0n) is 16.3. The highest BCUT2D eigenvalue weighted by Gasteiger charge is 2.33. The molecule has 1 aliphatic rings. The van der Waals surface area contributed by atoms with Crippen molar-refractivity contribution in [3.63, 3.8) is 0 Å². The molecule has 0 saturated carbocycles. The number of likely N-dealkylation sites (N-methyl/N-ethyl adjacent to an activating group) is 3. The molecule has 144 valence electrons. The number of nitrogens with zero attached hydrogens (tertiary/aromatic N) is 4. The van der Waals surface area contributed by atoms with E-state index in [9.17, 15) is 14.7 Å². The lowest BCUT2D eigenvalue weighted by Crippen LogP contribution is -2.52. The molecular weight excluding hydrogens is 322 g/mol. The number of amides is 2. The molecule has 1 heterocycles. The smallest absolute Gasteiger partial charge is 0.249 e. The first-order valence-corrected chi connectivity index (χ1v) is 8.73. The van der Waals surface area contributed by atoms with Crippen molar-refractivity contribution in [1.82, 2.24) is 20.0 Å². The first kappa shape index (κ1) is 21.5. The van der Waals surface area contributed by atoms with Gasteiger partial charge in [-0.05, 0) is 34.1 Å². The van der Waals surface area contributed by atoms with Crippen LogP contribution in [0.25, 0.3) is 0 Å². The van der Waals surface area contributed by atoms with Crippen LogP contribution in [0.2, 0.25) is 0 Å². The van der Waals surface area contributed by atoms with E-state index in [4.69, 9.17) is 0 Å². The van der Waals surface area contributed by atoms with Crippen LogP contribution >= 0.6 is 0 Å². The van der Waals surface area contributed by atoms with Gasteiger partial charge in [0.1, 0.15) is 11.9 Å². The largest absolute Gasteiger partial charge is 0.391 e. The summed E-state index contributed by atoms with van der Waals surface area (Å²) >= 11 is 0. The summed E-state index contributed by atoms with van der Waals surface area (Å²) in [5.41, 5.74) is 0. The first-order valence-electron chi connectivity index (χ1n) is 8.73. The Labute approximate surface area is 150 Å². The molecule has 0 aliphatic carbocycles. The topological polar surface area (TPSA) is 88.5 Å². The maximum atomic E-state index is 12.1. The Morgan fingerprint density at radius 2 is 2.00 bits per heavy atom. The van der Waals surface area contributed by atoms with Gasteiger partial charge in [0.25, 0.3) is 0 Å². The van der Waals surface area contributed by atoms with Crippen LogP contribution in [0.4, 0.5) is 0 Å². The number of carbonyl (C=O) groups excluding carboxylic acids is 2. The van der Waals surface area contributed by atoms with Crippen molar-refractivity contribution in [2.24, 2.45) is 10.9 Å². The van der Waals surface area contributed by atoms with Crippen LogP contribution in [0.15, 0.2) is 4.99 Å².